The van der Waals surface area contributed by atoms with Crippen LogP contribution in [-0.2, 0) is 0 Å². The Labute approximate surface area is 138 Å². The zero-order valence-electron chi connectivity index (χ0n) is 12.8. The number of nitrogens with zero attached hydrogens (tertiary/aromatic N) is 1. The Bertz CT molecular complexity index is 1040. The molecule has 2 N–H and O–H groups in total. The SMILES string of the molecule is NC(=O)c1ccc(C(=O)n2c3ccccc3c3ccccc32)cc1. The standard InChI is InChI=1S/C20H14N2O2/c21-19(23)13-9-11-14(12-10-13)20(24)22-17-7-3-1-5-15(17)16-6-2-4-8-18(16)22/h1-12H,(H2,21,23). The van der Waals surface area contributed by atoms with Gasteiger partial charge in [-0.25, -0.2) is 0 Å². The first kappa shape index (κ1) is 14.2. The van der Waals surface area contributed by atoms with E-state index < -0.39 is 5.91 Å². The third-order valence-corrected chi connectivity index (χ3v) is 4.20. The number of primary amides is 1. The average Bonchev–Trinajstić information content (AvgIpc) is 2.96. The summed E-state index contributed by atoms with van der Waals surface area (Å²) in [5.74, 6) is -0.644. The van der Waals surface area contributed by atoms with Crippen LogP contribution >= 0.6 is 0 Å². The number of aromatic nitrogens is 1. The summed E-state index contributed by atoms with van der Waals surface area (Å²) >= 11 is 0. The van der Waals surface area contributed by atoms with Crippen molar-refractivity contribution in [1.29, 1.82) is 0 Å². The fourth-order valence-corrected chi connectivity index (χ4v) is 3.05. The van der Waals surface area contributed by atoms with Crippen LogP contribution < -0.4 is 5.73 Å². The van der Waals surface area contributed by atoms with Crippen molar-refractivity contribution in [3.63, 3.8) is 0 Å². The van der Waals surface area contributed by atoms with Crippen molar-refractivity contribution in [2.24, 2.45) is 5.73 Å². The first-order valence-corrected chi connectivity index (χ1v) is 7.59. The maximum atomic E-state index is 13.1. The highest BCUT2D eigenvalue weighted by Crippen LogP contribution is 2.29. The smallest absolute Gasteiger partial charge is 0.262 e. The van der Waals surface area contributed by atoms with Crippen molar-refractivity contribution in [3.8, 4) is 0 Å². The summed E-state index contributed by atoms with van der Waals surface area (Å²) in [6, 6.07) is 22.1. The number of carbonyl (C=O) groups excluding carboxylic acids is 2. The number of hydrogen-bond donors (Lipinski definition) is 1. The van der Waals surface area contributed by atoms with Crippen LogP contribution in [0, 0.1) is 0 Å². The lowest BCUT2D eigenvalue weighted by Crippen LogP contribution is -2.14. The van der Waals surface area contributed by atoms with Crippen molar-refractivity contribution in [3.05, 3.63) is 83.9 Å². The van der Waals surface area contributed by atoms with Gasteiger partial charge in [0.25, 0.3) is 5.91 Å². The van der Waals surface area contributed by atoms with E-state index in [1.54, 1.807) is 28.8 Å². The van der Waals surface area contributed by atoms with Gasteiger partial charge in [0.15, 0.2) is 0 Å². The molecule has 4 rings (SSSR count). The van der Waals surface area contributed by atoms with Gasteiger partial charge in [-0.15, -0.1) is 0 Å². The third kappa shape index (κ3) is 2.08. The Morgan fingerprint density at radius 2 is 1.12 bits per heavy atom. The molecule has 0 spiro atoms. The van der Waals surface area contributed by atoms with Gasteiger partial charge in [-0.1, -0.05) is 36.4 Å². The minimum atomic E-state index is -0.508. The number of hydrogen-bond acceptors (Lipinski definition) is 2. The summed E-state index contributed by atoms with van der Waals surface area (Å²) < 4.78 is 1.71. The van der Waals surface area contributed by atoms with Crippen molar-refractivity contribution in [1.82, 2.24) is 4.57 Å². The predicted molar refractivity (Wildman–Crippen MR) is 94.1 cm³/mol. The number of carbonyl (C=O) groups is 2. The van der Waals surface area contributed by atoms with E-state index in [1.807, 2.05) is 48.5 Å². The van der Waals surface area contributed by atoms with Gasteiger partial charge in [0.1, 0.15) is 0 Å². The summed E-state index contributed by atoms with van der Waals surface area (Å²) in [5.41, 5.74) is 7.87. The van der Waals surface area contributed by atoms with Gasteiger partial charge in [-0.3, -0.25) is 14.2 Å². The Morgan fingerprint density at radius 1 is 0.667 bits per heavy atom. The van der Waals surface area contributed by atoms with Crippen molar-refractivity contribution in [2.75, 3.05) is 0 Å². The molecule has 3 aromatic carbocycles. The molecule has 1 heterocycles. The number of fused-ring (bicyclic) bond motifs is 3. The third-order valence-electron chi connectivity index (χ3n) is 4.20. The summed E-state index contributed by atoms with van der Waals surface area (Å²) in [5, 5.41) is 2.07. The Kier molecular flexibility index (Phi) is 3.17. The van der Waals surface area contributed by atoms with E-state index in [4.69, 9.17) is 5.73 Å². The number of nitrogens with two attached hydrogens (primary N) is 1. The van der Waals surface area contributed by atoms with Crippen LogP contribution in [0.3, 0.4) is 0 Å². The molecule has 1 aromatic heterocycles. The van der Waals surface area contributed by atoms with Gasteiger partial charge in [0.05, 0.1) is 11.0 Å². The van der Waals surface area contributed by atoms with Crippen LogP contribution in [0.4, 0.5) is 0 Å². The lowest BCUT2D eigenvalue weighted by Gasteiger charge is -2.06. The van der Waals surface area contributed by atoms with Crippen LogP contribution in [0.15, 0.2) is 72.8 Å². The molecule has 0 bridgehead atoms. The Morgan fingerprint density at radius 3 is 1.62 bits per heavy atom. The highest BCUT2D eigenvalue weighted by atomic mass is 16.2. The molecule has 0 atom stereocenters. The van der Waals surface area contributed by atoms with Crippen molar-refractivity contribution in [2.45, 2.75) is 0 Å². The number of amides is 1. The quantitative estimate of drug-likeness (QED) is 0.614. The van der Waals surface area contributed by atoms with Crippen LogP contribution in [0.1, 0.15) is 20.7 Å². The molecule has 0 saturated heterocycles. The van der Waals surface area contributed by atoms with Gasteiger partial charge < -0.3 is 5.73 Å². The van der Waals surface area contributed by atoms with Gasteiger partial charge in [0, 0.05) is 21.9 Å². The topological polar surface area (TPSA) is 65.1 Å². The molecule has 4 heteroatoms. The summed E-state index contributed by atoms with van der Waals surface area (Å²) in [6.07, 6.45) is 0. The number of benzene rings is 3. The average molecular weight is 314 g/mol. The maximum Gasteiger partial charge on any atom is 0.262 e. The number of rotatable bonds is 2. The number of para-hydroxylation sites is 2. The maximum absolute atomic E-state index is 13.1. The molecule has 0 saturated carbocycles. The Balaban J connectivity index is 1.94. The molecular formula is C20H14N2O2. The first-order chi connectivity index (χ1) is 11.7. The van der Waals surface area contributed by atoms with Crippen LogP contribution in [-0.4, -0.2) is 16.4 Å². The van der Waals surface area contributed by atoms with E-state index in [2.05, 4.69) is 0 Å². The molecular weight excluding hydrogens is 300 g/mol. The zero-order chi connectivity index (χ0) is 16.7. The highest BCUT2D eigenvalue weighted by molar-refractivity contribution is 6.16. The molecule has 4 aromatic rings. The molecule has 0 radical (unpaired) electrons. The van der Waals surface area contributed by atoms with Gasteiger partial charge in [-0.2, -0.15) is 0 Å². The predicted octanol–water partition coefficient (Wildman–Crippen LogP) is 3.58. The zero-order valence-corrected chi connectivity index (χ0v) is 12.8. The van der Waals surface area contributed by atoms with Gasteiger partial charge in [-0.05, 0) is 36.4 Å². The van der Waals surface area contributed by atoms with E-state index in [1.165, 1.54) is 0 Å². The molecule has 0 fully saturated rings. The molecule has 0 aliphatic heterocycles. The molecule has 4 nitrogen and oxygen atoms in total. The van der Waals surface area contributed by atoms with Crippen LogP contribution in [0.25, 0.3) is 21.8 Å². The van der Waals surface area contributed by atoms with E-state index >= 15 is 0 Å². The minimum Gasteiger partial charge on any atom is -0.366 e. The van der Waals surface area contributed by atoms with Crippen molar-refractivity contribution < 1.29 is 9.59 Å². The second kappa shape index (κ2) is 5.35. The molecule has 116 valence electrons. The second-order valence-corrected chi connectivity index (χ2v) is 5.62. The highest BCUT2D eigenvalue weighted by Gasteiger charge is 2.17. The molecule has 1 amide bonds. The molecule has 0 aliphatic rings. The normalized spacial score (nSPS) is 11.0. The van der Waals surface area contributed by atoms with E-state index in [9.17, 15) is 9.59 Å². The van der Waals surface area contributed by atoms with E-state index in [0.717, 1.165) is 21.8 Å². The lowest BCUT2D eigenvalue weighted by atomic mass is 10.1. The fourth-order valence-electron chi connectivity index (χ4n) is 3.05. The minimum absolute atomic E-state index is 0.136. The Hall–Kier alpha value is -3.40. The van der Waals surface area contributed by atoms with Crippen LogP contribution in [0.5, 0.6) is 0 Å². The molecule has 24 heavy (non-hydrogen) atoms. The van der Waals surface area contributed by atoms with Gasteiger partial charge in [0.2, 0.25) is 5.91 Å². The largest absolute Gasteiger partial charge is 0.366 e. The lowest BCUT2D eigenvalue weighted by molar-refractivity contribution is 0.0965. The fraction of sp³-hybridized carbons (Fsp3) is 0. The summed E-state index contributed by atoms with van der Waals surface area (Å²) in [7, 11) is 0. The second-order valence-electron chi connectivity index (χ2n) is 5.62. The summed E-state index contributed by atoms with van der Waals surface area (Å²) in [4.78, 5) is 24.3. The van der Waals surface area contributed by atoms with Crippen molar-refractivity contribution >= 4 is 33.6 Å². The van der Waals surface area contributed by atoms with Crippen LogP contribution in [0.2, 0.25) is 0 Å². The molecule has 0 aliphatic carbocycles. The first-order valence-electron chi connectivity index (χ1n) is 7.59. The summed E-state index contributed by atoms with van der Waals surface area (Å²) in [6.45, 7) is 0. The monoisotopic (exact) mass is 314 g/mol. The van der Waals surface area contributed by atoms with E-state index in [-0.39, 0.29) is 5.91 Å². The molecule has 0 unspecified atom stereocenters. The van der Waals surface area contributed by atoms with Gasteiger partial charge >= 0.3 is 0 Å². The van der Waals surface area contributed by atoms with E-state index in [0.29, 0.717) is 11.1 Å².